The van der Waals surface area contributed by atoms with Crippen molar-refractivity contribution in [1.82, 2.24) is 0 Å². The van der Waals surface area contributed by atoms with Crippen LogP contribution in [0, 0.1) is 0 Å². The molecule has 1 unspecified atom stereocenters. The number of aliphatic hydroxyl groups is 2. The van der Waals surface area contributed by atoms with E-state index in [4.69, 9.17) is 10.2 Å². The first-order valence-electron chi connectivity index (χ1n) is 2.13. The van der Waals surface area contributed by atoms with Crippen molar-refractivity contribution in [3.63, 3.8) is 0 Å². The van der Waals surface area contributed by atoms with Crippen LogP contribution in [0.15, 0.2) is 0 Å². The summed E-state index contributed by atoms with van der Waals surface area (Å²) in [6.45, 7) is 1.90. The van der Waals surface area contributed by atoms with Gasteiger partial charge in [-0.3, -0.25) is 0 Å². The summed E-state index contributed by atoms with van der Waals surface area (Å²) in [6.07, 6.45) is 0.215. The predicted octanol–water partition coefficient (Wildman–Crippen LogP) is 0.155. The van der Waals surface area contributed by atoms with Crippen LogP contribution in [-0.2, 0) is 0 Å². The lowest BCUT2D eigenvalue weighted by molar-refractivity contribution is -0.0453. The summed E-state index contributed by atoms with van der Waals surface area (Å²) in [7, 11) is 0. The van der Waals surface area contributed by atoms with Crippen molar-refractivity contribution >= 4 is 9.90 Å². The van der Waals surface area contributed by atoms with E-state index in [-0.39, 0.29) is 9.90 Å². The van der Waals surface area contributed by atoms with Gasteiger partial charge in [-0.15, -0.1) is 0 Å². The Balaban J connectivity index is 0. The largest absolute Gasteiger partial charge is 0.368 e. The average Bonchev–Trinajstić information content (AvgIpc) is 1.35. The van der Waals surface area contributed by atoms with Gasteiger partial charge in [0.2, 0.25) is 0 Å². The van der Waals surface area contributed by atoms with Crippen LogP contribution in [-0.4, -0.2) is 16.5 Å². The standard InChI is InChI=1S/C4H10O2.H3P/c1-2-3-4(5)6;/h4-6H,2-3H2,1H3;1H3. The maximum Gasteiger partial charge on any atom is 0.151 e. The van der Waals surface area contributed by atoms with Gasteiger partial charge in [-0.1, -0.05) is 13.3 Å². The summed E-state index contributed by atoms with van der Waals surface area (Å²) in [6, 6.07) is 0. The molecule has 0 rings (SSSR count). The van der Waals surface area contributed by atoms with Gasteiger partial charge in [0, 0.05) is 0 Å². The first-order chi connectivity index (χ1) is 2.77. The van der Waals surface area contributed by atoms with Crippen molar-refractivity contribution in [2.45, 2.75) is 26.1 Å². The zero-order chi connectivity index (χ0) is 4.99. The van der Waals surface area contributed by atoms with E-state index in [1.807, 2.05) is 6.92 Å². The van der Waals surface area contributed by atoms with Crippen molar-refractivity contribution < 1.29 is 10.2 Å². The van der Waals surface area contributed by atoms with Crippen molar-refractivity contribution in [2.75, 3.05) is 0 Å². The maximum atomic E-state index is 8.11. The second-order valence-electron chi connectivity index (χ2n) is 1.27. The second-order valence-corrected chi connectivity index (χ2v) is 1.27. The fourth-order valence-electron chi connectivity index (χ4n) is 0.258. The van der Waals surface area contributed by atoms with E-state index in [9.17, 15) is 0 Å². The molecule has 7 heavy (non-hydrogen) atoms. The molecule has 0 aliphatic carbocycles. The molecular formula is C4H13O2P. The predicted molar refractivity (Wildman–Crippen MR) is 34.2 cm³/mol. The molecule has 46 valence electrons. The molecule has 0 aliphatic heterocycles. The third-order valence-electron chi connectivity index (χ3n) is 0.547. The Morgan fingerprint density at radius 1 is 1.43 bits per heavy atom. The van der Waals surface area contributed by atoms with Crippen molar-refractivity contribution in [2.24, 2.45) is 0 Å². The van der Waals surface area contributed by atoms with Gasteiger partial charge in [-0.05, 0) is 6.42 Å². The molecule has 0 aromatic carbocycles. The molecule has 0 aromatic rings. The zero-order valence-electron chi connectivity index (χ0n) is 4.59. The highest BCUT2D eigenvalue weighted by Gasteiger charge is 1.89. The van der Waals surface area contributed by atoms with Gasteiger partial charge in [-0.25, -0.2) is 0 Å². The average molecular weight is 124 g/mol. The summed E-state index contributed by atoms with van der Waals surface area (Å²) in [5, 5.41) is 16.2. The van der Waals surface area contributed by atoms with Crippen LogP contribution >= 0.6 is 9.90 Å². The second kappa shape index (κ2) is 6.35. The van der Waals surface area contributed by atoms with Gasteiger partial charge in [0.15, 0.2) is 6.29 Å². The molecule has 2 N–H and O–H groups in total. The van der Waals surface area contributed by atoms with Crippen LogP contribution in [0.25, 0.3) is 0 Å². The number of hydrogen-bond donors (Lipinski definition) is 2. The Hall–Kier alpha value is 0.350. The Labute approximate surface area is 47.2 Å². The number of rotatable bonds is 2. The first-order valence-corrected chi connectivity index (χ1v) is 2.13. The summed E-state index contributed by atoms with van der Waals surface area (Å²) >= 11 is 0. The van der Waals surface area contributed by atoms with Crippen LogP contribution in [0.4, 0.5) is 0 Å². The van der Waals surface area contributed by atoms with E-state index in [2.05, 4.69) is 0 Å². The molecule has 0 heterocycles. The molecule has 0 radical (unpaired) electrons. The summed E-state index contributed by atoms with van der Waals surface area (Å²) in [5.41, 5.74) is 0. The van der Waals surface area contributed by atoms with Crippen molar-refractivity contribution in [1.29, 1.82) is 0 Å². The molecule has 0 saturated carbocycles. The van der Waals surface area contributed by atoms with E-state index in [1.165, 1.54) is 0 Å². The van der Waals surface area contributed by atoms with Crippen molar-refractivity contribution in [3.8, 4) is 0 Å². The lowest BCUT2D eigenvalue weighted by atomic mass is 10.3. The highest BCUT2D eigenvalue weighted by molar-refractivity contribution is 6.92. The summed E-state index contributed by atoms with van der Waals surface area (Å²) in [5.74, 6) is 0. The summed E-state index contributed by atoms with van der Waals surface area (Å²) < 4.78 is 0. The van der Waals surface area contributed by atoms with Gasteiger partial charge in [0.1, 0.15) is 0 Å². The minimum Gasteiger partial charge on any atom is -0.368 e. The molecule has 0 saturated heterocycles. The quantitative estimate of drug-likeness (QED) is 0.406. The fraction of sp³-hybridized carbons (Fsp3) is 1.00. The Bertz CT molecular complexity index is 30.9. The lowest BCUT2D eigenvalue weighted by Crippen LogP contribution is -2.01. The third kappa shape index (κ3) is 10.7. The van der Waals surface area contributed by atoms with Crippen LogP contribution in [0.1, 0.15) is 19.8 Å². The van der Waals surface area contributed by atoms with Gasteiger partial charge in [0.05, 0.1) is 0 Å². The fourth-order valence-corrected chi connectivity index (χ4v) is 0.258. The normalized spacial score (nSPS) is 8.57. The van der Waals surface area contributed by atoms with Crippen LogP contribution in [0.5, 0.6) is 0 Å². The Morgan fingerprint density at radius 2 is 1.86 bits per heavy atom. The zero-order valence-corrected chi connectivity index (χ0v) is 6.01. The van der Waals surface area contributed by atoms with E-state index in [1.54, 1.807) is 0 Å². The molecule has 0 spiro atoms. The molecule has 0 bridgehead atoms. The van der Waals surface area contributed by atoms with Crippen LogP contribution in [0.3, 0.4) is 0 Å². The van der Waals surface area contributed by atoms with E-state index in [0.717, 1.165) is 6.42 Å². The molecule has 0 aliphatic rings. The Morgan fingerprint density at radius 3 is 1.86 bits per heavy atom. The third-order valence-corrected chi connectivity index (χ3v) is 0.547. The van der Waals surface area contributed by atoms with Gasteiger partial charge < -0.3 is 10.2 Å². The highest BCUT2D eigenvalue weighted by Crippen LogP contribution is 1.88. The number of aliphatic hydroxyl groups excluding tert-OH is 1. The van der Waals surface area contributed by atoms with Crippen LogP contribution < -0.4 is 0 Å². The number of hydrogen-bond acceptors (Lipinski definition) is 2. The SMILES string of the molecule is CCCC(O)O.P. The van der Waals surface area contributed by atoms with Crippen molar-refractivity contribution in [3.05, 3.63) is 0 Å². The minimum absolute atomic E-state index is 0. The highest BCUT2D eigenvalue weighted by atomic mass is 31.0. The summed E-state index contributed by atoms with van der Waals surface area (Å²) in [4.78, 5) is 0. The van der Waals surface area contributed by atoms with E-state index < -0.39 is 6.29 Å². The smallest absolute Gasteiger partial charge is 0.151 e. The monoisotopic (exact) mass is 124 g/mol. The molecule has 1 atom stereocenters. The molecule has 3 heteroatoms. The Kier molecular flexibility index (Phi) is 9.39. The molecular weight excluding hydrogens is 111 g/mol. The van der Waals surface area contributed by atoms with Gasteiger partial charge >= 0.3 is 0 Å². The maximum absolute atomic E-state index is 8.11. The van der Waals surface area contributed by atoms with E-state index in [0.29, 0.717) is 6.42 Å². The molecule has 2 nitrogen and oxygen atoms in total. The molecule has 0 fully saturated rings. The topological polar surface area (TPSA) is 40.5 Å². The minimum atomic E-state index is -1.10. The van der Waals surface area contributed by atoms with Gasteiger partial charge in [-0.2, -0.15) is 9.90 Å². The lowest BCUT2D eigenvalue weighted by Gasteiger charge is -1.94. The van der Waals surface area contributed by atoms with Crippen LogP contribution in [0.2, 0.25) is 0 Å². The van der Waals surface area contributed by atoms with Gasteiger partial charge in [0.25, 0.3) is 0 Å². The first kappa shape index (κ1) is 10.4. The molecule has 0 aromatic heterocycles. The van der Waals surface area contributed by atoms with E-state index >= 15 is 0 Å². The molecule has 0 amide bonds.